The van der Waals surface area contributed by atoms with Gasteiger partial charge in [-0.15, -0.1) is 0 Å². The molecule has 0 radical (unpaired) electrons. The highest BCUT2D eigenvalue weighted by Gasteiger charge is 2.47. The van der Waals surface area contributed by atoms with E-state index in [2.05, 4.69) is 27.2 Å². The molecule has 1 saturated heterocycles. The lowest BCUT2D eigenvalue weighted by molar-refractivity contribution is -0.0347. The number of piperazine rings is 1. The van der Waals surface area contributed by atoms with Gasteiger partial charge >= 0.3 is 0 Å². The molecule has 154 valence electrons. The van der Waals surface area contributed by atoms with Crippen molar-refractivity contribution in [3.8, 4) is 0 Å². The van der Waals surface area contributed by atoms with E-state index in [1.54, 1.807) is 0 Å². The van der Waals surface area contributed by atoms with Gasteiger partial charge < -0.3 is 14.7 Å². The van der Waals surface area contributed by atoms with Crippen LogP contribution in [0.2, 0.25) is 0 Å². The Morgan fingerprint density at radius 2 is 1.71 bits per heavy atom. The van der Waals surface area contributed by atoms with Crippen molar-refractivity contribution >= 4 is 5.91 Å². The molecule has 5 fully saturated rings. The van der Waals surface area contributed by atoms with Gasteiger partial charge in [-0.25, -0.2) is 0 Å². The molecule has 0 atom stereocenters. The molecule has 0 spiro atoms. The molecule has 2 heterocycles. The highest BCUT2D eigenvalue weighted by molar-refractivity contribution is 5.92. The molecular weight excluding hydrogens is 352 g/mol. The first-order valence-electron chi connectivity index (χ1n) is 11.4. The summed E-state index contributed by atoms with van der Waals surface area (Å²) >= 11 is 0. The minimum atomic E-state index is -0.0698. The summed E-state index contributed by atoms with van der Waals surface area (Å²) in [6, 6.07) is 1.83. The number of likely N-dealkylation sites (N-methyl/N-ethyl adjacent to an activating group) is 1. The van der Waals surface area contributed by atoms with Crippen LogP contribution in [0.4, 0.5) is 0 Å². The molecule has 4 bridgehead atoms. The summed E-state index contributed by atoms with van der Waals surface area (Å²) in [4.78, 5) is 17.4. The molecule has 6 nitrogen and oxygen atoms in total. The second kappa shape index (κ2) is 7.79. The number of hydrogen-bond donors (Lipinski definition) is 1. The molecule has 1 N–H and O–H groups in total. The summed E-state index contributed by atoms with van der Waals surface area (Å²) in [5.41, 5.74) is 0.436. The van der Waals surface area contributed by atoms with Crippen molar-refractivity contribution in [1.82, 2.24) is 20.3 Å². The third-order valence-corrected chi connectivity index (χ3v) is 8.00. The summed E-state index contributed by atoms with van der Waals surface area (Å²) in [6.07, 6.45) is 7.06. The van der Waals surface area contributed by atoms with Gasteiger partial charge in [0.2, 0.25) is 0 Å². The molecule has 0 aromatic carbocycles. The van der Waals surface area contributed by atoms with Crippen LogP contribution in [0, 0.1) is 29.6 Å². The van der Waals surface area contributed by atoms with Crippen molar-refractivity contribution in [2.24, 2.45) is 29.6 Å². The molecule has 4 saturated carbocycles. The number of nitrogens with zero attached hydrogens (tertiary/aromatic N) is 3. The van der Waals surface area contributed by atoms with Gasteiger partial charge in [0, 0.05) is 38.8 Å². The molecule has 6 rings (SSSR count). The largest absolute Gasteiger partial charge is 0.359 e. The average molecular weight is 387 g/mol. The topological polar surface area (TPSA) is 61.6 Å². The predicted octanol–water partition coefficient (Wildman–Crippen LogP) is 2.61. The van der Waals surface area contributed by atoms with Crippen LogP contribution in [-0.4, -0.2) is 60.1 Å². The maximum Gasteiger partial charge on any atom is 0.273 e. The number of carbonyl (C=O) groups excluding carboxylic acids is 1. The van der Waals surface area contributed by atoms with Crippen molar-refractivity contribution in [3.63, 3.8) is 0 Å². The quantitative estimate of drug-likeness (QED) is 0.814. The van der Waals surface area contributed by atoms with E-state index in [1.165, 1.54) is 32.1 Å². The molecular formula is C22H34N4O2. The van der Waals surface area contributed by atoms with Gasteiger partial charge in [-0.3, -0.25) is 9.69 Å². The summed E-state index contributed by atoms with van der Waals surface area (Å²) < 4.78 is 5.46. The van der Waals surface area contributed by atoms with Crippen LogP contribution < -0.4 is 5.32 Å². The molecule has 1 aromatic heterocycles. The van der Waals surface area contributed by atoms with Gasteiger partial charge in [-0.1, -0.05) is 12.1 Å². The normalized spacial score (nSPS) is 35.4. The number of rotatable bonds is 6. The van der Waals surface area contributed by atoms with Crippen LogP contribution >= 0.6 is 0 Å². The Labute approximate surface area is 168 Å². The highest BCUT2D eigenvalue weighted by atomic mass is 16.5. The van der Waals surface area contributed by atoms with Gasteiger partial charge in [-0.05, 0) is 68.2 Å². The van der Waals surface area contributed by atoms with E-state index in [9.17, 15) is 4.79 Å². The van der Waals surface area contributed by atoms with Crippen LogP contribution in [0.25, 0.3) is 0 Å². The molecule has 28 heavy (non-hydrogen) atoms. The zero-order chi connectivity index (χ0) is 19.1. The van der Waals surface area contributed by atoms with Crippen molar-refractivity contribution in [3.05, 3.63) is 17.5 Å². The summed E-state index contributed by atoms with van der Waals surface area (Å²) in [5.74, 6) is 5.04. The van der Waals surface area contributed by atoms with Gasteiger partial charge in [0.15, 0.2) is 11.5 Å². The SMILES string of the molecule is CCN1CCN(Cc2cc(C(=O)NCC3C4CC5CC(C4)CC3C5)no2)CC1. The van der Waals surface area contributed by atoms with Crippen LogP contribution in [0.5, 0.6) is 0 Å². The Bertz CT molecular complexity index is 666. The Kier molecular flexibility index (Phi) is 5.18. The molecule has 1 aromatic rings. The zero-order valence-electron chi connectivity index (χ0n) is 17.1. The number of amides is 1. The van der Waals surface area contributed by atoms with Gasteiger partial charge in [0.05, 0.1) is 6.54 Å². The van der Waals surface area contributed by atoms with Gasteiger partial charge in [-0.2, -0.15) is 0 Å². The fourth-order valence-electron chi connectivity index (χ4n) is 6.65. The Morgan fingerprint density at radius 3 is 2.36 bits per heavy atom. The van der Waals surface area contributed by atoms with Crippen molar-refractivity contribution < 1.29 is 9.32 Å². The number of hydrogen-bond acceptors (Lipinski definition) is 5. The summed E-state index contributed by atoms with van der Waals surface area (Å²) in [5, 5.41) is 7.22. The second-order valence-corrected chi connectivity index (χ2v) is 9.69. The molecule has 1 amide bonds. The van der Waals surface area contributed by atoms with Crippen LogP contribution in [0.15, 0.2) is 10.6 Å². The molecule has 6 heteroatoms. The third-order valence-electron chi connectivity index (χ3n) is 8.00. The average Bonchev–Trinajstić information content (AvgIpc) is 3.16. The van der Waals surface area contributed by atoms with Crippen molar-refractivity contribution in [1.29, 1.82) is 0 Å². The number of nitrogens with one attached hydrogen (secondary N) is 1. The minimum Gasteiger partial charge on any atom is -0.359 e. The second-order valence-electron chi connectivity index (χ2n) is 9.69. The lowest BCUT2D eigenvalue weighted by atomic mass is 9.52. The van der Waals surface area contributed by atoms with E-state index < -0.39 is 0 Å². The minimum absolute atomic E-state index is 0.0698. The highest BCUT2D eigenvalue weighted by Crippen LogP contribution is 2.56. The lowest BCUT2D eigenvalue weighted by Gasteiger charge is -2.54. The molecule has 4 aliphatic carbocycles. The van der Waals surface area contributed by atoms with Crippen molar-refractivity contribution in [2.75, 3.05) is 39.3 Å². The van der Waals surface area contributed by atoms with E-state index in [4.69, 9.17) is 4.52 Å². The first kappa shape index (κ1) is 18.6. The standard InChI is InChI=1S/C22H34N4O2/c1-2-25-3-5-26(6-4-25)14-19-12-21(24-28-19)22(27)23-13-20-17-8-15-7-16(10-17)11-18(20)9-15/h12,15-18,20H,2-11,13-14H2,1H3,(H,23,27). The first-order valence-corrected chi connectivity index (χ1v) is 11.4. The van der Waals surface area contributed by atoms with E-state index in [0.29, 0.717) is 11.6 Å². The Balaban J connectivity index is 1.12. The van der Waals surface area contributed by atoms with E-state index in [0.717, 1.165) is 75.2 Å². The van der Waals surface area contributed by atoms with Gasteiger partial charge in [0.1, 0.15) is 0 Å². The maximum atomic E-state index is 12.6. The summed E-state index contributed by atoms with van der Waals surface area (Å²) in [7, 11) is 0. The van der Waals surface area contributed by atoms with Crippen molar-refractivity contribution in [2.45, 2.75) is 45.6 Å². The number of aromatic nitrogens is 1. The molecule has 0 unspecified atom stereocenters. The zero-order valence-corrected chi connectivity index (χ0v) is 17.1. The van der Waals surface area contributed by atoms with Crippen LogP contribution in [-0.2, 0) is 6.54 Å². The first-order chi connectivity index (χ1) is 13.7. The van der Waals surface area contributed by atoms with E-state index in [-0.39, 0.29) is 5.91 Å². The summed E-state index contributed by atoms with van der Waals surface area (Å²) in [6.45, 7) is 9.17. The van der Waals surface area contributed by atoms with Crippen LogP contribution in [0.1, 0.15) is 55.3 Å². The Hall–Kier alpha value is -1.40. The predicted molar refractivity (Wildman–Crippen MR) is 107 cm³/mol. The number of carbonyl (C=O) groups is 1. The monoisotopic (exact) mass is 386 g/mol. The lowest BCUT2D eigenvalue weighted by Crippen LogP contribution is -2.49. The third kappa shape index (κ3) is 3.73. The molecule has 1 aliphatic heterocycles. The smallest absolute Gasteiger partial charge is 0.273 e. The van der Waals surface area contributed by atoms with Gasteiger partial charge in [0.25, 0.3) is 5.91 Å². The fraction of sp³-hybridized carbons (Fsp3) is 0.818. The fourth-order valence-corrected chi connectivity index (χ4v) is 6.65. The van der Waals surface area contributed by atoms with Crippen LogP contribution in [0.3, 0.4) is 0 Å². The Morgan fingerprint density at radius 1 is 1.07 bits per heavy atom. The maximum absolute atomic E-state index is 12.6. The van der Waals surface area contributed by atoms with E-state index in [1.807, 2.05) is 6.07 Å². The van der Waals surface area contributed by atoms with E-state index >= 15 is 0 Å². The molecule has 5 aliphatic rings.